The molecule has 14 heteroatoms. The molecule has 0 aromatic heterocycles. The maximum Gasteiger partial charge on any atom is 0.400 e. The van der Waals surface area contributed by atoms with Crippen molar-refractivity contribution in [2.75, 3.05) is 0 Å². The first-order valence-electron chi connectivity index (χ1n) is 9.66. The highest BCUT2D eigenvalue weighted by Crippen LogP contribution is 2.19. The van der Waals surface area contributed by atoms with Crippen LogP contribution in [0.2, 0.25) is 0 Å². The van der Waals surface area contributed by atoms with E-state index in [9.17, 15) is 35.5 Å². The molecule has 2 aromatic carbocycles. The molecule has 0 fully saturated rings. The quantitative estimate of drug-likeness (QED) is 0.115. The first-order valence-corrected chi connectivity index (χ1v) is 12.5. The van der Waals surface area contributed by atoms with E-state index < -0.39 is 37.5 Å². The molecule has 0 aliphatic rings. The van der Waals surface area contributed by atoms with Crippen molar-refractivity contribution >= 4 is 37.5 Å². The number of nitrogens with zero attached hydrogens (tertiary/aromatic N) is 2. The zero-order valence-electron chi connectivity index (χ0n) is 19.3. The highest BCUT2D eigenvalue weighted by atomic mass is 32.2. The van der Waals surface area contributed by atoms with Crippen LogP contribution in [0, 0.1) is 13.8 Å². The summed E-state index contributed by atoms with van der Waals surface area (Å²) in [6.45, 7) is 3.00. The fourth-order valence-corrected chi connectivity index (χ4v) is 4.73. The van der Waals surface area contributed by atoms with E-state index in [0.29, 0.717) is 22.3 Å². The molecule has 0 saturated heterocycles. The summed E-state index contributed by atoms with van der Waals surface area (Å²) in [5.41, 5.74) is 9.97. The normalized spacial score (nSPS) is 11.0. The average molecular weight is 529 g/mol. The summed E-state index contributed by atoms with van der Waals surface area (Å²) < 4.78 is 64.2. The number of ketones is 2. The molecule has 0 spiro atoms. The van der Waals surface area contributed by atoms with Crippen molar-refractivity contribution < 1.29 is 40.3 Å². The number of rotatable bonds is 10. The molecule has 8 N–H and O–H groups in total. The van der Waals surface area contributed by atoms with Crippen molar-refractivity contribution in [3.8, 4) is 0 Å². The lowest BCUT2D eigenvalue weighted by atomic mass is 9.99. The summed E-state index contributed by atoms with van der Waals surface area (Å²) in [5.74, 6) is -1.53. The Hall–Kier alpha value is -3.10. The van der Waals surface area contributed by atoms with E-state index >= 15 is 0 Å². The van der Waals surface area contributed by atoms with E-state index in [-0.39, 0.29) is 47.8 Å². The smallest absolute Gasteiger partial charge is 0.360 e. The molecule has 0 radical (unpaired) electrons. The Morgan fingerprint density at radius 3 is 1.40 bits per heavy atom. The van der Waals surface area contributed by atoms with Crippen molar-refractivity contribution in [1.29, 1.82) is 0 Å². The second-order valence-corrected chi connectivity index (χ2v) is 10.2. The largest absolute Gasteiger partial charge is 0.400 e. The highest BCUT2D eigenvalue weighted by Gasteiger charge is 2.28. The molecule has 0 saturated carbocycles. The van der Waals surface area contributed by atoms with Crippen LogP contribution < -0.4 is 12.3 Å². The lowest BCUT2D eigenvalue weighted by Crippen LogP contribution is -2.26. The van der Waals surface area contributed by atoms with Crippen LogP contribution in [0.3, 0.4) is 0 Å². The minimum atomic E-state index is -4.43. The number of carbonyl (C=O) groups excluding carboxylic acids is 2. The van der Waals surface area contributed by atoms with Crippen LogP contribution in [0.4, 0.5) is 0 Å². The Kier molecular flexibility index (Phi) is 11.4. The molecule has 35 heavy (non-hydrogen) atoms. The second-order valence-electron chi connectivity index (χ2n) is 7.44. The van der Waals surface area contributed by atoms with Crippen LogP contribution in [0.25, 0.3) is 5.53 Å². The number of hydrogen-bond donors (Lipinski definition) is 4. The van der Waals surface area contributed by atoms with Gasteiger partial charge in [0.2, 0.25) is 11.6 Å². The summed E-state index contributed by atoms with van der Waals surface area (Å²) in [7, 11) is -8.87. The van der Waals surface area contributed by atoms with Gasteiger partial charge >= 0.3 is 5.71 Å². The van der Waals surface area contributed by atoms with Gasteiger partial charge in [0.05, 0.1) is 9.79 Å². The van der Waals surface area contributed by atoms with Crippen LogP contribution in [-0.4, -0.2) is 48.0 Å². The zero-order valence-corrected chi connectivity index (χ0v) is 20.9. The van der Waals surface area contributed by atoms with Crippen LogP contribution in [0.1, 0.15) is 35.1 Å². The fraction of sp³-hybridized carbons (Fsp3) is 0.286. The third kappa shape index (κ3) is 8.56. The van der Waals surface area contributed by atoms with E-state index in [1.165, 1.54) is 38.1 Å². The first kappa shape index (κ1) is 31.9. The van der Waals surface area contributed by atoms with E-state index in [2.05, 4.69) is 4.79 Å². The molecule has 0 aliphatic heterocycles. The number of aryl methyl sites for hydroxylation is 4. The number of Topliss-reactive ketones (excluding diaryl/α,β-unsaturated/α-hetero) is 2. The SMILES string of the molecule is Cc1ccc(CCC(=O)C(=[N+]=[N-])C(=O)CCc2ccc(C)c(S(=O)(=O)O)c2)cc1S(=O)(=O)O.N.N. The summed E-state index contributed by atoms with van der Waals surface area (Å²) in [6, 6.07) is 8.52. The van der Waals surface area contributed by atoms with E-state index in [4.69, 9.17) is 5.53 Å². The number of carbonyl (C=O) groups is 2. The summed E-state index contributed by atoms with van der Waals surface area (Å²) in [6.07, 6.45) is -0.444. The van der Waals surface area contributed by atoms with Gasteiger partial charge < -0.3 is 17.8 Å². The minimum absolute atomic E-state index is 0. The van der Waals surface area contributed by atoms with Gasteiger partial charge in [-0.25, -0.2) is 0 Å². The molecule has 192 valence electrons. The monoisotopic (exact) mass is 528 g/mol. The first-order chi connectivity index (χ1) is 15.2. The van der Waals surface area contributed by atoms with E-state index in [1.807, 2.05) is 0 Å². The van der Waals surface area contributed by atoms with Crippen molar-refractivity contribution in [2.24, 2.45) is 0 Å². The van der Waals surface area contributed by atoms with Gasteiger partial charge in [0.15, 0.2) is 0 Å². The second kappa shape index (κ2) is 12.6. The molecule has 2 aromatic rings. The Balaban J connectivity index is 0.00000578. The number of hydrogen-bond acceptors (Lipinski definition) is 8. The van der Waals surface area contributed by atoms with Crippen molar-refractivity contribution in [1.82, 2.24) is 12.3 Å². The Morgan fingerprint density at radius 2 is 1.11 bits per heavy atom. The minimum Gasteiger partial charge on any atom is -0.360 e. The van der Waals surface area contributed by atoms with Crippen LogP contribution in [-0.2, 0) is 42.7 Å². The lowest BCUT2D eigenvalue weighted by molar-refractivity contribution is -0.124. The third-order valence-corrected chi connectivity index (χ3v) is 6.96. The van der Waals surface area contributed by atoms with Crippen LogP contribution >= 0.6 is 0 Å². The molecule has 0 aliphatic carbocycles. The Morgan fingerprint density at radius 1 is 0.771 bits per heavy atom. The summed E-state index contributed by atoms with van der Waals surface area (Å²) in [4.78, 5) is 27.0. The lowest BCUT2D eigenvalue weighted by Gasteiger charge is -2.06. The van der Waals surface area contributed by atoms with Gasteiger partial charge in [-0.3, -0.25) is 18.7 Å². The van der Waals surface area contributed by atoms with Gasteiger partial charge in [-0.15, -0.1) is 0 Å². The van der Waals surface area contributed by atoms with E-state index in [0.717, 1.165) is 0 Å². The van der Waals surface area contributed by atoms with Crippen molar-refractivity contribution in [2.45, 2.75) is 49.3 Å². The molecular weight excluding hydrogens is 500 g/mol. The fourth-order valence-electron chi connectivity index (χ4n) is 3.18. The predicted octanol–water partition coefficient (Wildman–Crippen LogP) is 2.50. The van der Waals surface area contributed by atoms with Gasteiger partial charge in [-0.05, 0) is 61.1 Å². The Bertz CT molecular complexity index is 1280. The predicted molar refractivity (Wildman–Crippen MR) is 127 cm³/mol. The highest BCUT2D eigenvalue weighted by molar-refractivity contribution is 7.86. The summed E-state index contributed by atoms with van der Waals surface area (Å²) in [5, 5.41) is 0. The van der Waals surface area contributed by atoms with Crippen LogP contribution in [0.15, 0.2) is 46.2 Å². The molecule has 0 atom stereocenters. The van der Waals surface area contributed by atoms with Gasteiger partial charge in [-0.2, -0.15) is 21.6 Å². The van der Waals surface area contributed by atoms with Crippen molar-refractivity contribution in [3.05, 3.63) is 64.2 Å². The number of benzene rings is 2. The molecule has 0 heterocycles. The van der Waals surface area contributed by atoms with Crippen LogP contribution in [0.5, 0.6) is 0 Å². The van der Waals surface area contributed by atoms with Gasteiger partial charge in [0.25, 0.3) is 20.2 Å². The standard InChI is InChI=1S/C21H22N2O8S2.2H3N/c1-13-3-5-15(11-19(13)32(26,27)28)7-9-17(24)21(23-22)18(25)10-8-16-6-4-14(2)20(12-16)33(29,30)31;;/h3-6,11-12H,7-10H2,1-2H3,(H,26,27,28)(H,29,30,31);2*1H3. The Labute approximate surface area is 203 Å². The zero-order chi connectivity index (χ0) is 25.0. The van der Waals surface area contributed by atoms with Crippen molar-refractivity contribution in [3.63, 3.8) is 0 Å². The topological polar surface area (TPSA) is 249 Å². The average Bonchev–Trinajstić information content (AvgIpc) is 2.71. The third-order valence-electron chi connectivity index (χ3n) is 4.97. The van der Waals surface area contributed by atoms with Gasteiger partial charge in [-0.1, -0.05) is 24.3 Å². The molecule has 0 unspecified atom stereocenters. The molecule has 2 rings (SSSR count). The van der Waals surface area contributed by atoms with E-state index in [1.54, 1.807) is 12.1 Å². The maximum absolute atomic E-state index is 12.4. The molecule has 0 amide bonds. The maximum atomic E-state index is 12.4. The summed E-state index contributed by atoms with van der Waals surface area (Å²) >= 11 is 0. The molecule has 12 nitrogen and oxygen atoms in total. The molecular formula is C21H28N4O8S2. The van der Waals surface area contributed by atoms with Gasteiger partial charge in [0, 0.05) is 12.8 Å². The molecule has 0 bridgehead atoms. The van der Waals surface area contributed by atoms with Gasteiger partial charge in [0.1, 0.15) is 0 Å².